The van der Waals surface area contributed by atoms with Gasteiger partial charge in [0, 0.05) is 49.4 Å². The lowest BCUT2D eigenvalue weighted by atomic mass is 10.1. The number of rotatable bonds is 3. The van der Waals surface area contributed by atoms with Crippen molar-refractivity contribution in [1.29, 1.82) is 0 Å². The third kappa shape index (κ3) is 2.58. The molecule has 4 rings (SSSR count). The van der Waals surface area contributed by atoms with E-state index in [0.29, 0.717) is 18.0 Å². The maximum absolute atomic E-state index is 12.8. The molecule has 1 saturated heterocycles. The number of carbonyl (C=O) groups excluding carboxylic acids is 1. The normalized spacial score (nSPS) is 17.4. The number of carbonyl (C=O) groups is 1. The third-order valence-corrected chi connectivity index (χ3v) is 4.30. The molecule has 1 atom stereocenters. The molecule has 4 heterocycles. The molecule has 0 radical (unpaired) electrons. The number of likely N-dealkylation sites (tertiary alicyclic amines) is 1. The Balaban J connectivity index is 1.58. The lowest BCUT2D eigenvalue weighted by Gasteiger charge is -2.22. The van der Waals surface area contributed by atoms with Crippen LogP contribution >= 0.6 is 0 Å². The van der Waals surface area contributed by atoms with E-state index in [4.69, 9.17) is 4.52 Å². The van der Waals surface area contributed by atoms with Crippen LogP contribution in [0.2, 0.25) is 0 Å². The summed E-state index contributed by atoms with van der Waals surface area (Å²) in [5, 5.41) is 8.16. The van der Waals surface area contributed by atoms with Crippen molar-refractivity contribution in [2.75, 3.05) is 6.54 Å². The summed E-state index contributed by atoms with van der Waals surface area (Å²) in [5.41, 5.74) is 2.18. The average Bonchev–Trinajstić information content (AvgIpc) is 3.35. The summed E-state index contributed by atoms with van der Waals surface area (Å²) in [6.45, 7) is 0.716. The molecule has 1 amide bonds. The van der Waals surface area contributed by atoms with Gasteiger partial charge in [-0.1, -0.05) is 5.16 Å². The molecule has 24 heavy (non-hydrogen) atoms. The van der Waals surface area contributed by atoms with Gasteiger partial charge in [-0.2, -0.15) is 5.10 Å². The van der Waals surface area contributed by atoms with E-state index in [1.165, 1.54) is 0 Å². The number of amides is 1. The van der Waals surface area contributed by atoms with Crippen LogP contribution in [-0.4, -0.2) is 37.3 Å². The largest absolute Gasteiger partial charge is 0.355 e. The molecule has 3 aromatic heterocycles. The lowest BCUT2D eigenvalue weighted by molar-refractivity contribution is 0.0725. The Morgan fingerprint density at radius 3 is 3.04 bits per heavy atom. The highest BCUT2D eigenvalue weighted by Crippen LogP contribution is 2.33. The molecule has 0 saturated carbocycles. The first kappa shape index (κ1) is 14.6. The zero-order valence-corrected chi connectivity index (χ0v) is 13.3. The Hall–Kier alpha value is -2.96. The molecule has 0 aromatic carbocycles. The van der Waals surface area contributed by atoms with Crippen LogP contribution in [0.15, 0.2) is 47.5 Å². The monoisotopic (exact) mass is 323 g/mol. The summed E-state index contributed by atoms with van der Waals surface area (Å²) in [6.07, 6.45) is 9.06. The molecule has 0 bridgehead atoms. The Labute approximate surface area is 138 Å². The maximum Gasteiger partial charge on any atom is 0.276 e. The zero-order valence-electron chi connectivity index (χ0n) is 13.3. The second kappa shape index (κ2) is 5.92. The minimum atomic E-state index is -0.111. The van der Waals surface area contributed by atoms with Crippen molar-refractivity contribution in [3.05, 3.63) is 54.2 Å². The molecule has 0 unspecified atom stereocenters. The van der Waals surface area contributed by atoms with E-state index in [2.05, 4.69) is 15.2 Å². The minimum Gasteiger partial charge on any atom is -0.355 e. The fourth-order valence-corrected chi connectivity index (χ4v) is 3.14. The minimum absolute atomic E-state index is 0.0461. The van der Waals surface area contributed by atoms with Gasteiger partial charge in [0.15, 0.2) is 11.5 Å². The summed E-state index contributed by atoms with van der Waals surface area (Å²) in [7, 11) is 1.88. The van der Waals surface area contributed by atoms with E-state index >= 15 is 0 Å². The van der Waals surface area contributed by atoms with E-state index in [9.17, 15) is 4.79 Å². The molecular weight excluding hydrogens is 306 g/mol. The molecule has 122 valence electrons. The molecule has 0 N–H and O–H groups in total. The van der Waals surface area contributed by atoms with Crippen LogP contribution in [-0.2, 0) is 7.05 Å². The number of nitrogens with zero attached hydrogens (tertiary/aromatic N) is 5. The fraction of sp³-hybridized carbons (Fsp3) is 0.294. The number of hydrogen-bond donors (Lipinski definition) is 0. The van der Waals surface area contributed by atoms with Crippen LogP contribution in [0.1, 0.15) is 34.9 Å². The van der Waals surface area contributed by atoms with E-state index in [1.807, 2.05) is 36.5 Å². The van der Waals surface area contributed by atoms with Gasteiger partial charge in [-0.05, 0) is 25.0 Å². The Morgan fingerprint density at radius 1 is 1.38 bits per heavy atom. The van der Waals surface area contributed by atoms with E-state index in [1.54, 1.807) is 23.1 Å². The van der Waals surface area contributed by atoms with Crippen molar-refractivity contribution in [3.63, 3.8) is 0 Å². The van der Waals surface area contributed by atoms with Crippen molar-refractivity contribution in [1.82, 2.24) is 24.8 Å². The molecule has 0 aliphatic carbocycles. The van der Waals surface area contributed by atoms with Crippen LogP contribution in [0.25, 0.3) is 11.3 Å². The second-order valence-corrected chi connectivity index (χ2v) is 5.92. The van der Waals surface area contributed by atoms with Crippen molar-refractivity contribution >= 4 is 5.91 Å². The van der Waals surface area contributed by atoms with Gasteiger partial charge < -0.3 is 9.42 Å². The number of hydrogen-bond acceptors (Lipinski definition) is 5. The molecule has 1 aliphatic rings. The highest BCUT2D eigenvalue weighted by atomic mass is 16.5. The first-order valence-corrected chi connectivity index (χ1v) is 7.89. The van der Waals surface area contributed by atoms with Gasteiger partial charge in [0.05, 0.1) is 12.2 Å². The molecular formula is C17H17N5O2. The van der Waals surface area contributed by atoms with Gasteiger partial charge in [-0.15, -0.1) is 0 Å². The lowest BCUT2D eigenvalue weighted by Crippen LogP contribution is -2.30. The van der Waals surface area contributed by atoms with Crippen molar-refractivity contribution in [3.8, 4) is 11.3 Å². The molecule has 1 aliphatic heterocycles. The summed E-state index contributed by atoms with van der Waals surface area (Å²) in [5.74, 6) is 0.434. The third-order valence-electron chi connectivity index (χ3n) is 4.30. The average molecular weight is 323 g/mol. The molecule has 7 heteroatoms. The van der Waals surface area contributed by atoms with Crippen LogP contribution in [0.4, 0.5) is 0 Å². The summed E-state index contributed by atoms with van der Waals surface area (Å²) >= 11 is 0. The van der Waals surface area contributed by atoms with Gasteiger partial charge in [0.25, 0.3) is 5.91 Å². The number of pyridine rings is 1. The van der Waals surface area contributed by atoms with E-state index in [0.717, 1.165) is 24.0 Å². The quantitative estimate of drug-likeness (QED) is 0.740. The van der Waals surface area contributed by atoms with Crippen LogP contribution in [0, 0.1) is 0 Å². The predicted octanol–water partition coefficient (Wildman–Crippen LogP) is 2.45. The van der Waals surface area contributed by atoms with Crippen molar-refractivity contribution in [2.45, 2.75) is 18.9 Å². The van der Waals surface area contributed by atoms with Crippen molar-refractivity contribution < 1.29 is 9.32 Å². The Kier molecular flexibility index (Phi) is 3.60. The highest BCUT2D eigenvalue weighted by molar-refractivity contribution is 5.93. The second-order valence-electron chi connectivity index (χ2n) is 5.92. The zero-order chi connectivity index (χ0) is 16.5. The van der Waals surface area contributed by atoms with E-state index < -0.39 is 0 Å². The first-order valence-electron chi connectivity index (χ1n) is 7.89. The van der Waals surface area contributed by atoms with Crippen LogP contribution < -0.4 is 0 Å². The summed E-state index contributed by atoms with van der Waals surface area (Å²) in [4.78, 5) is 18.7. The van der Waals surface area contributed by atoms with Gasteiger partial charge >= 0.3 is 0 Å². The van der Waals surface area contributed by atoms with Gasteiger partial charge in [-0.3, -0.25) is 14.5 Å². The Morgan fingerprint density at radius 2 is 2.29 bits per heavy atom. The van der Waals surface area contributed by atoms with Crippen molar-refractivity contribution in [2.24, 2.45) is 7.05 Å². The first-order chi connectivity index (χ1) is 11.7. The van der Waals surface area contributed by atoms with Gasteiger partial charge in [-0.25, -0.2) is 0 Å². The SMILES string of the molecule is Cn1cc([C@@H]2CCCN2C(=O)c2cc(-c3cccnc3)on2)cn1. The van der Waals surface area contributed by atoms with E-state index in [-0.39, 0.29) is 11.9 Å². The molecule has 3 aromatic rings. The summed E-state index contributed by atoms with van der Waals surface area (Å²) in [6, 6.07) is 5.41. The predicted molar refractivity (Wildman–Crippen MR) is 86.0 cm³/mol. The molecule has 1 fully saturated rings. The number of aromatic nitrogens is 4. The molecule has 7 nitrogen and oxygen atoms in total. The topological polar surface area (TPSA) is 77.0 Å². The van der Waals surface area contributed by atoms with Gasteiger partial charge in [0.1, 0.15) is 0 Å². The smallest absolute Gasteiger partial charge is 0.276 e. The van der Waals surface area contributed by atoms with Crippen LogP contribution in [0.3, 0.4) is 0 Å². The number of aryl methyl sites for hydroxylation is 1. The molecule has 0 spiro atoms. The fourth-order valence-electron chi connectivity index (χ4n) is 3.14. The Bertz CT molecular complexity index is 855. The maximum atomic E-state index is 12.8. The van der Waals surface area contributed by atoms with Gasteiger partial charge in [0.2, 0.25) is 0 Å². The standard InChI is InChI=1S/C17H17N5O2/c1-21-11-13(10-19-21)15-5-3-7-22(15)17(23)14-8-16(24-20-14)12-4-2-6-18-9-12/h2,4,6,8-11,15H,3,5,7H2,1H3/t15-/m0/s1. The van der Waals surface area contributed by atoms with Crippen LogP contribution in [0.5, 0.6) is 0 Å². The summed E-state index contributed by atoms with van der Waals surface area (Å²) < 4.78 is 7.08. The highest BCUT2D eigenvalue weighted by Gasteiger charge is 2.32.